The second kappa shape index (κ2) is 5.09. The number of hydrazone groups is 1. The maximum absolute atomic E-state index is 12.7. The van der Waals surface area contributed by atoms with E-state index >= 15 is 0 Å². The van der Waals surface area contributed by atoms with Gasteiger partial charge in [0, 0.05) is 7.05 Å². The van der Waals surface area contributed by atoms with Crippen molar-refractivity contribution in [1.82, 2.24) is 15.2 Å². The summed E-state index contributed by atoms with van der Waals surface area (Å²) in [6.45, 7) is 1.80. The molecule has 18 heavy (non-hydrogen) atoms. The van der Waals surface area contributed by atoms with Crippen LogP contribution in [-0.4, -0.2) is 21.9 Å². The van der Waals surface area contributed by atoms with E-state index in [0.717, 1.165) is 17.0 Å². The van der Waals surface area contributed by atoms with E-state index in [1.54, 1.807) is 26.1 Å². The molecule has 0 bridgehead atoms. The molecule has 0 radical (unpaired) electrons. The lowest BCUT2D eigenvalue weighted by atomic mass is 10.3. The summed E-state index contributed by atoms with van der Waals surface area (Å²) in [5.41, 5.74) is 3.54. The first-order chi connectivity index (χ1) is 8.56. The number of rotatable bonds is 3. The number of aryl methyl sites for hydroxylation is 2. The van der Waals surface area contributed by atoms with Crippen LogP contribution in [0.15, 0.2) is 23.3 Å². The van der Waals surface area contributed by atoms with Gasteiger partial charge < -0.3 is 0 Å². The van der Waals surface area contributed by atoms with E-state index in [2.05, 4.69) is 15.6 Å². The summed E-state index contributed by atoms with van der Waals surface area (Å²) < 4.78 is 14.2. The van der Waals surface area contributed by atoms with Gasteiger partial charge in [-0.1, -0.05) is 0 Å². The molecule has 0 fully saturated rings. The number of hydrogen-bond donors (Lipinski definition) is 1. The van der Waals surface area contributed by atoms with Crippen LogP contribution in [0.4, 0.5) is 4.39 Å². The average Bonchev–Trinajstić information content (AvgIpc) is 2.85. The Labute approximate surface area is 107 Å². The van der Waals surface area contributed by atoms with E-state index in [1.165, 1.54) is 17.0 Å². The molecule has 2 aromatic heterocycles. The van der Waals surface area contributed by atoms with Crippen LogP contribution in [0.1, 0.15) is 21.1 Å². The fourth-order valence-corrected chi connectivity index (χ4v) is 2.04. The standard InChI is InChI=1S/C11H11FN4OS/c1-7-5-9(16(2)15-7)11(17)14-13-6-8-3-4-10(12)18-8/h3-6H,1-2H3,(H,14,17)/b13-6+. The van der Waals surface area contributed by atoms with Gasteiger partial charge in [0.2, 0.25) is 0 Å². The van der Waals surface area contributed by atoms with Gasteiger partial charge in [-0.05, 0) is 25.1 Å². The van der Waals surface area contributed by atoms with Crippen LogP contribution in [0.25, 0.3) is 0 Å². The molecule has 0 spiro atoms. The molecule has 2 heterocycles. The van der Waals surface area contributed by atoms with E-state index in [-0.39, 0.29) is 11.0 Å². The summed E-state index contributed by atoms with van der Waals surface area (Å²) in [7, 11) is 1.68. The summed E-state index contributed by atoms with van der Waals surface area (Å²) in [5, 5.41) is 7.53. The topological polar surface area (TPSA) is 59.3 Å². The molecule has 0 atom stereocenters. The number of nitrogens with one attached hydrogen (secondary N) is 1. The fourth-order valence-electron chi connectivity index (χ4n) is 1.43. The molecular weight excluding hydrogens is 255 g/mol. The zero-order valence-electron chi connectivity index (χ0n) is 9.85. The van der Waals surface area contributed by atoms with Gasteiger partial charge in [0.15, 0.2) is 5.13 Å². The number of aromatic nitrogens is 2. The lowest BCUT2D eigenvalue weighted by Crippen LogP contribution is -2.20. The minimum atomic E-state index is -0.355. The maximum atomic E-state index is 12.7. The molecule has 0 aliphatic carbocycles. The van der Waals surface area contributed by atoms with Crippen molar-refractivity contribution in [2.75, 3.05) is 0 Å². The Kier molecular flexibility index (Phi) is 3.52. The third-order valence-corrected chi connectivity index (χ3v) is 2.99. The van der Waals surface area contributed by atoms with Gasteiger partial charge in [-0.3, -0.25) is 9.48 Å². The number of amides is 1. The minimum absolute atomic E-state index is 0.287. The summed E-state index contributed by atoms with van der Waals surface area (Å²) in [5.74, 6) is -0.355. The van der Waals surface area contributed by atoms with E-state index in [0.29, 0.717) is 10.6 Å². The number of thiophene rings is 1. The zero-order chi connectivity index (χ0) is 13.1. The summed E-state index contributed by atoms with van der Waals surface area (Å²) in [4.78, 5) is 12.4. The zero-order valence-corrected chi connectivity index (χ0v) is 10.7. The smallest absolute Gasteiger partial charge is 0.266 e. The lowest BCUT2D eigenvalue weighted by molar-refractivity contribution is 0.0945. The van der Waals surface area contributed by atoms with E-state index in [9.17, 15) is 9.18 Å². The van der Waals surface area contributed by atoms with Gasteiger partial charge in [0.25, 0.3) is 5.91 Å². The average molecular weight is 266 g/mol. The van der Waals surface area contributed by atoms with Gasteiger partial charge in [-0.25, -0.2) is 5.43 Å². The van der Waals surface area contributed by atoms with Crippen LogP contribution in [0.5, 0.6) is 0 Å². The number of nitrogens with zero attached hydrogens (tertiary/aromatic N) is 3. The SMILES string of the molecule is Cc1cc(C(=O)N/N=C/c2ccc(F)s2)n(C)n1. The van der Waals surface area contributed by atoms with Crippen LogP contribution < -0.4 is 5.43 Å². The summed E-state index contributed by atoms with van der Waals surface area (Å²) in [6, 6.07) is 4.60. The molecule has 7 heteroatoms. The molecule has 2 rings (SSSR count). The Morgan fingerprint density at radius 3 is 2.94 bits per heavy atom. The Morgan fingerprint density at radius 2 is 2.39 bits per heavy atom. The first-order valence-corrected chi connectivity index (χ1v) is 5.97. The Hall–Kier alpha value is -2.02. The number of carbonyl (C=O) groups excluding carboxylic acids is 1. The number of halogens is 1. The monoisotopic (exact) mass is 266 g/mol. The van der Waals surface area contributed by atoms with Gasteiger partial charge in [0.1, 0.15) is 5.69 Å². The van der Waals surface area contributed by atoms with E-state index in [1.807, 2.05) is 0 Å². The van der Waals surface area contributed by atoms with Crippen molar-refractivity contribution in [3.8, 4) is 0 Å². The predicted molar refractivity (Wildman–Crippen MR) is 67.3 cm³/mol. The third-order valence-electron chi connectivity index (χ3n) is 2.19. The summed E-state index contributed by atoms with van der Waals surface area (Å²) in [6.07, 6.45) is 1.40. The normalized spacial score (nSPS) is 11.1. The molecule has 0 saturated heterocycles. The Balaban J connectivity index is 2.00. The molecule has 94 valence electrons. The molecular formula is C11H11FN4OS. The van der Waals surface area contributed by atoms with Crippen molar-refractivity contribution >= 4 is 23.5 Å². The van der Waals surface area contributed by atoms with Crippen molar-refractivity contribution in [1.29, 1.82) is 0 Å². The highest BCUT2D eigenvalue weighted by Gasteiger charge is 2.10. The van der Waals surface area contributed by atoms with E-state index in [4.69, 9.17) is 0 Å². The van der Waals surface area contributed by atoms with Crippen molar-refractivity contribution < 1.29 is 9.18 Å². The maximum Gasteiger partial charge on any atom is 0.289 e. The van der Waals surface area contributed by atoms with Gasteiger partial charge in [-0.2, -0.15) is 14.6 Å². The van der Waals surface area contributed by atoms with Crippen molar-refractivity contribution in [3.63, 3.8) is 0 Å². The second-order valence-corrected chi connectivity index (χ2v) is 4.70. The van der Waals surface area contributed by atoms with E-state index < -0.39 is 0 Å². The molecule has 5 nitrogen and oxygen atoms in total. The van der Waals surface area contributed by atoms with Crippen LogP contribution in [-0.2, 0) is 7.05 Å². The van der Waals surface area contributed by atoms with Crippen molar-refractivity contribution in [2.45, 2.75) is 6.92 Å². The molecule has 0 unspecified atom stereocenters. The highest BCUT2D eigenvalue weighted by atomic mass is 32.1. The molecule has 0 saturated carbocycles. The highest BCUT2D eigenvalue weighted by molar-refractivity contribution is 7.12. The van der Waals surface area contributed by atoms with Gasteiger partial charge in [0.05, 0.1) is 16.8 Å². The predicted octanol–water partition coefficient (Wildman–Crippen LogP) is 1.69. The van der Waals surface area contributed by atoms with Crippen LogP contribution >= 0.6 is 11.3 Å². The first kappa shape index (κ1) is 12.4. The van der Waals surface area contributed by atoms with Gasteiger partial charge >= 0.3 is 0 Å². The Morgan fingerprint density at radius 1 is 1.61 bits per heavy atom. The number of hydrogen-bond acceptors (Lipinski definition) is 4. The van der Waals surface area contributed by atoms with Crippen molar-refractivity contribution in [2.24, 2.45) is 12.1 Å². The number of carbonyl (C=O) groups is 1. The molecule has 0 aliphatic heterocycles. The van der Waals surface area contributed by atoms with Crippen LogP contribution in [0.3, 0.4) is 0 Å². The molecule has 0 aromatic carbocycles. The second-order valence-electron chi connectivity index (χ2n) is 3.64. The quantitative estimate of drug-likeness (QED) is 0.679. The molecule has 2 aromatic rings. The Bertz CT molecular complexity index is 602. The van der Waals surface area contributed by atoms with Gasteiger partial charge in [-0.15, -0.1) is 11.3 Å². The first-order valence-electron chi connectivity index (χ1n) is 5.15. The largest absolute Gasteiger partial charge is 0.289 e. The molecule has 1 amide bonds. The lowest BCUT2D eigenvalue weighted by Gasteiger charge is -1.98. The molecule has 0 aliphatic rings. The fraction of sp³-hybridized carbons (Fsp3) is 0.182. The summed E-state index contributed by atoms with van der Waals surface area (Å²) >= 11 is 0.958. The van der Waals surface area contributed by atoms with Crippen LogP contribution in [0, 0.1) is 12.1 Å². The highest BCUT2D eigenvalue weighted by Crippen LogP contribution is 2.11. The molecule has 1 N–H and O–H groups in total. The van der Waals surface area contributed by atoms with Crippen molar-refractivity contribution in [3.05, 3.63) is 39.6 Å². The third kappa shape index (κ3) is 2.80. The minimum Gasteiger partial charge on any atom is -0.266 e. The van der Waals surface area contributed by atoms with Crippen LogP contribution in [0.2, 0.25) is 0 Å².